The van der Waals surface area contributed by atoms with Gasteiger partial charge in [-0.15, -0.1) is 0 Å². The summed E-state index contributed by atoms with van der Waals surface area (Å²) in [7, 11) is 6.36. The number of fused-ring (bicyclic) bond motifs is 2. The van der Waals surface area contributed by atoms with E-state index in [4.69, 9.17) is 28.4 Å². The maximum atomic E-state index is 15.0. The molecule has 0 aromatic heterocycles. The van der Waals surface area contributed by atoms with Gasteiger partial charge < -0.3 is 33.3 Å². The van der Waals surface area contributed by atoms with Gasteiger partial charge in [0.05, 0.1) is 18.7 Å². The van der Waals surface area contributed by atoms with Crippen molar-refractivity contribution in [2.45, 2.75) is 56.0 Å². The van der Waals surface area contributed by atoms with Crippen molar-refractivity contribution in [1.82, 2.24) is 4.90 Å². The highest BCUT2D eigenvalue weighted by molar-refractivity contribution is 6.11. The van der Waals surface area contributed by atoms with E-state index in [1.54, 1.807) is 19.1 Å². The van der Waals surface area contributed by atoms with Crippen LogP contribution >= 0.6 is 0 Å². The highest BCUT2D eigenvalue weighted by Crippen LogP contribution is 2.70. The summed E-state index contributed by atoms with van der Waals surface area (Å²) in [5.74, 6) is -3.03. The number of benzene rings is 1. The number of nitrogens with zero attached hydrogens (tertiary/aromatic N) is 2. The molecule has 1 spiro atoms. The van der Waals surface area contributed by atoms with Crippen molar-refractivity contribution in [1.29, 1.82) is 0 Å². The average Bonchev–Trinajstić information content (AvgIpc) is 3.31. The van der Waals surface area contributed by atoms with E-state index in [1.165, 1.54) is 33.2 Å². The third kappa shape index (κ3) is 2.72. The Hall–Kier alpha value is -2.73. The lowest BCUT2D eigenvalue weighted by atomic mass is 9.55. The van der Waals surface area contributed by atoms with Crippen LogP contribution in [0.15, 0.2) is 12.1 Å². The Balaban J connectivity index is 1.75. The fourth-order valence-corrected chi connectivity index (χ4v) is 7.53. The van der Waals surface area contributed by atoms with Crippen molar-refractivity contribution in [2.75, 3.05) is 46.4 Å². The summed E-state index contributed by atoms with van der Waals surface area (Å²) in [5, 5.41) is 0. The monoisotopic (exact) mass is 516 g/mol. The van der Waals surface area contributed by atoms with Crippen molar-refractivity contribution >= 4 is 23.3 Å². The van der Waals surface area contributed by atoms with Gasteiger partial charge in [-0.25, -0.2) is 0 Å². The Labute approximate surface area is 214 Å². The predicted molar refractivity (Wildman–Crippen MR) is 127 cm³/mol. The first-order valence-electron chi connectivity index (χ1n) is 12.5. The fourth-order valence-electron chi connectivity index (χ4n) is 7.53. The smallest absolute Gasteiger partial charge is 0.304 e. The van der Waals surface area contributed by atoms with Gasteiger partial charge in [-0.3, -0.25) is 19.3 Å². The summed E-state index contributed by atoms with van der Waals surface area (Å²) in [4.78, 5) is 45.6. The lowest BCUT2D eigenvalue weighted by Crippen LogP contribution is -2.76. The Bertz CT molecular complexity index is 1200. The van der Waals surface area contributed by atoms with Crippen molar-refractivity contribution in [3.05, 3.63) is 17.7 Å². The third-order valence-electron chi connectivity index (χ3n) is 9.05. The van der Waals surface area contributed by atoms with E-state index < -0.39 is 47.1 Å². The fraction of sp³-hybridized carbons (Fsp3) is 0.654. The van der Waals surface area contributed by atoms with E-state index in [0.29, 0.717) is 42.9 Å². The molecule has 0 N–H and O–H groups in total. The summed E-state index contributed by atoms with van der Waals surface area (Å²) in [5.41, 5.74) is -2.34. The number of rotatable bonds is 4. The van der Waals surface area contributed by atoms with Crippen LogP contribution in [0.4, 0.5) is 5.69 Å². The number of Topliss-reactive ketones (excluding diaryl/α,β-unsaturated/α-hetero) is 1. The number of anilines is 1. The summed E-state index contributed by atoms with van der Waals surface area (Å²) in [6, 6.07) is 3.49. The highest BCUT2D eigenvalue weighted by Gasteiger charge is 2.84. The minimum absolute atomic E-state index is 0.171. The number of carbonyl (C=O) groups excluding carboxylic acids is 3. The van der Waals surface area contributed by atoms with Crippen LogP contribution in [-0.4, -0.2) is 87.9 Å². The van der Waals surface area contributed by atoms with Gasteiger partial charge in [-0.1, -0.05) is 6.07 Å². The molecule has 5 aliphatic rings. The first kappa shape index (κ1) is 24.6. The van der Waals surface area contributed by atoms with Gasteiger partial charge in [0.1, 0.15) is 11.5 Å². The first-order valence-corrected chi connectivity index (χ1v) is 12.5. The Kier molecular flexibility index (Phi) is 5.24. The van der Waals surface area contributed by atoms with E-state index in [0.717, 1.165) is 0 Å². The molecule has 7 unspecified atom stereocenters. The molecule has 4 aliphatic heterocycles. The topological polar surface area (TPSA) is 113 Å². The van der Waals surface area contributed by atoms with Crippen LogP contribution in [0.25, 0.3) is 0 Å². The van der Waals surface area contributed by atoms with E-state index >= 15 is 0 Å². The van der Waals surface area contributed by atoms with Crippen molar-refractivity contribution in [2.24, 2.45) is 11.8 Å². The molecule has 1 saturated carbocycles. The second kappa shape index (κ2) is 7.89. The molecule has 11 heteroatoms. The summed E-state index contributed by atoms with van der Waals surface area (Å²) in [6.07, 6.45) is -1.30. The molecule has 2 saturated heterocycles. The van der Waals surface area contributed by atoms with Crippen molar-refractivity contribution in [3.63, 3.8) is 0 Å². The molecule has 6 rings (SSSR count). The lowest BCUT2D eigenvalue weighted by Gasteiger charge is -2.54. The molecule has 4 bridgehead atoms. The van der Waals surface area contributed by atoms with Gasteiger partial charge in [0.2, 0.25) is 5.72 Å². The minimum atomic E-state index is -1.81. The predicted octanol–water partition coefficient (Wildman–Crippen LogP) is 1.21. The summed E-state index contributed by atoms with van der Waals surface area (Å²) in [6.45, 7) is 4.27. The summed E-state index contributed by atoms with van der Waals surface area (Å²) >= 11 is 0. The van der Waals surface area contributed by atoms with Gasteiger partial charge in [0.15, 0.2) is 23.1 Å². The molecule has 4 heterocycles. The number of hydrogen-bond donors (Lipinski definition) is 0. The van der Waals surface area contributed by atoms with Crippen LogP contribution in [0.2, 0.25) is 0 Å². The number of ether oxygens (including phenoxy) is 6. The lowest BCUT2D eigenvalue weighted by molar-refractivity contribution is -0.243. The van der Waals surface area contributed by atoms with Crippen LogP contribution in [0, 0.1) is 11.8 Å². The second-order valence-electron chi connectivity index (χ2n) is 10.7. The zero-order chi connectivity index (χ0) is 26.5. The van der Waals surface area contributed by atoms with Crippen molar-refractivity contribution < 1.29 is 42.8 Å². The van der Waals surface area contributed by atoms with Gasteiger partial charge >= 0.3 is 5.97 Å². The molecule has 1 aromatic rings. The van der Waals surface area contributed by atoms with Crippen molar-refractivity contribution in [3.8, 4) is 11.5 Å². The normalized spacial score (nSPS) is 39.9. The molecule has 3 fully saturated rings. The summed E-state index contributed by atoms with van der Waals surface area (Å²) < 4.78 is 35.7. The number of carbonyl (C=O) groups is 3. The number of methoxy groups -OCH3 is 3. The molecule has 0 radical (unpaired) electrons. The molecular weight excluding hydrogens is 484 g/mol. The Morgan fingerprint density at radius 1 is 1.16 bits per heavy atom. The van der Waals surface area contributed by atoms with E-state index in [1.807, 2.05) is 7.05 Å². The van der Waals surface area contributed by atoms with Gasteiger partial charge in [-0.2, -0.15) is 0 Å². The van der Waals surface area contributed by atoms with E-state index in [-0.39, 0.29) is 17.5 Å². The van der Waals surface area contributed by atoms with Crippen LogP contribution < -0.4 is 14.4 Å². The molecule has 37 heavy (non-hydrogen) atoms. The van der Waals surface area contributed by atoms with E-state index in [2.05, 4.69) is 4.90 Å². The molecule has 1 aromatic carbocycles. The minimum Gasteiger partial charge on any atom is -0.493 e. The van der Waals surface area contributed by atoms with E-state index in [9.17, 15) is 14.4 Å². The number of amides is 1. The standard InChI is InChI=1S/C26H32N2O9/c1-13(29)36-26-21-14-9-11-27(3)12-10-25(26,20(30)17(14)24(2,34-6)37-21)15-7-8-16(32-4)19-18(15)28(26)22(31)23(33-5)35-19/h7-8,14,17,21,23H,9-12H2,1-6H3. The number of hydrogen-bond acceptors (Lipinski definition) is 10. The molecule has 200 valence electrons. The van der Waals surface area contributed by atoms with Gasteiger partial charge in [-0.05, 0) is 51.5 Å². The average molecular weight is 517 g/mol. The van der Waals surface area contributed by atoms with Crippen LogP contribution in [-0.2, 0) is 38.7 Å². The number of esters is 1. The molecule has 1 aliphatic carbocycles. The molecule has 1 amide bonds. The highest BCUT2D eigenvalue weighted by atomic mass is 16.7. The van der Waals surface area contributed by atoms with Crippen LogP contribution in [0.3, 0.4) is 0 Å². The van der Waals surface area contributed by atoms with Crippen LogP contribution in [0.1, 0.15) is 32.3 Å². The SMILES string of the molecule is COc1ccc2c3c1OC(OC)C(=O)N3C1(OC(C)=O)C3OC(C)(OC)C4C(=O)C21CCN(C)CCC43. The maximum absolute atomic E-state index is 15.0. The third-order valence-corrected chi connectivity index (χ3v) is 9.05. The number of ketones is 1. The second-order valence-corrected chi connectivity index (χ2v) is 10.7. The zero-order valence-corrected chi connectivity index (χ0v) is 21.9. The Morgan fingerprint density at radius 3 is 2.57 bits per heavy atom. The quantitative estimate of drug-likeness (QED) is 0.541. The van der Waals surface area contributed by atoms with Crippen LogP contribution in [0.5, 0.6) is 11.5 Å². The maximum Gasteiger partial charge on any atom is 0.304 e. The molecular formula is C26H32N2O9. The molecule has 11 nitrogen and oxygen atoms in total. The largest absolute Gasteiger partial charge is 0.493 e. The zero-order valence-electron chi connectivity index (χ0n) is 21.9. The first-order chi connectivity index (χ1) is 17.6. The molecule has 7 atom stereocenters. The Morgan fingerprint density at radius 2 is 1.92 bits per heavy atom. The van der Waals surface area contributed by atoms with Gasteiger partial charge in [0, 0.05) is 27.1 Å². The van der Waals surface area contributed by atoms with Gasteiger partial charge in [0.25, 0.3) is 12.2 Å².